The molecule has 2 N–H and O–H groups in total. The third-order valence-electron chi connectivity index (χ3n) is 4.37. The van der Waals surface area contributed by atoms with Crippen LogP contribution in [0.2, 0.25) is 0 Å². The van der Waals surface area contributed by atoms with Gasteiger partial charge in [-0.3, -0.25) is 9.59 Å². The monoisotopic (exact) mass is 390 g/mol. The van der Waals surface area contributed by atoms with Crippen molar-refractivity contribution in [2.45, 2.75) is 59.1 Å². The highest BCUT2D eigenvalue weighted by atomic mass is 16.6. The minimum atomic E-state index is -0.726. The van der Waals surface area contributed by atoms with Crippen LogP contribution in [0.1, 0.15) is 46.1 Å². The first-order valence-electron chi connectivity index (χ1n) is 9.57. The average molecular weight is 390 g/mol. The zero-order valence-corrected chi connectivity index (χ0v) is 17.2. The molecule has 1 unspecified atom stereocenters. The van der Waals surface area contributed by atoms with Crippen LogP contribution < -0.4 is 10.6 Å². The average Bonchev–Trinajstić information content (AvgIpc) is 2.61. The number of pyridine rings is 1. The van der Waals surface area contributed by atoms with Crippen molar-refractivity contribution in [1.29, 1.82) is 0 Å². The number of hydrogen-bond acceptors (Lipinski definition) is 5. The number of carbonyl (C=O) groups excluding carboxylic acids is 3. The maximum Gasteiger partial charge on any atom is 0.408 e. The van der Waals surface area contributed by atoms with Gasteiger partial charge in [0.15, 0.2) is 0 Å². The van der Waals surface area contributed by atoms with Crippen molar-refractivity contribution in [3.63, 3.8) is 0 Å². The summed E-state index contributed by atoms with van der Waals surface area (Å²) in [6.45, 7) is 9.70. The van der Waals surface area contributed by atoms with Crippen molar-refractivity contribution in [2.24, 2.45) is 5.92 Å². The summed E-state index contributed by atoms with van der Waals surface area (Å²) in [6.07, 6.45) is 2.49. The van der Waals surface area contributed by atoms with Gasteiger partial charge in [-0.1, -0.05) is 6.07 Å². The molecule has 1 aliphatic rings. The molecule has 0 radical (unpaired) electrons. The van der Waals surface area contributed by atoms with E-state index in [1.807, 2.05) is 13.0 Å². The van der Waals surface area contributed by atoms with E-state index in [9.17, 15) is 14.4 Å². The van der Waals surface area contributed by atoms with E-state index in [0.29, 0.717) is 25.3 Å². The lowest BCUT2D eigenvalue weighted by molar-refractivity contribution is -0.136. The van der Waals surface area contributed by atoms with Gasteiger partial charge in [0.1, 0.15) is 17.5 Å². The molecule has 0 spiro atoms. The first-order valence-corrected chi connectivity index (χ1v) is 9.57. The summed E-state index contributed by atoms with van der Waals surface area (Å²) in [5.41, 5.74) is 0.379. The van der Waals surface area contributed by atoms with E-state index in [2.05, 4.69) is 15.6 Å². The van der Waals surface area contributed by atoms with Gasteiger partial charge in [0.2, 0.25) is 11.8 Å². The van der Waals surface area contributed by atoms with Crippen LogP contribution in [0.5, 0.6) is 0 Å². The van der Waals surface area contributed by atoms with Crippen LogP contribution in [0.3, 0.4) is 0 Å². The number of carbonyl (C=O) groups is 3. The van der Waals surface area contributed by atoms with Gasteiger partial charge in [0, 0.05) is 19.3 Å². The number of piperidine rings is 1. The molecule has 154 valence electrons. The number of nitrogens with one attached hydrogen (secondary N) is 2. The Hall–Kier alpha value is -2.64. The summed E-state index contributed by atoms with van der Waals surface area (Å²) in [5.74, 6) is -0.188. The van der Waals surface area contributed by atoms with Crippen molar-refractivity contribution >= 4 is 23.7 Å². The highest BCUT2D eigenvalue weighted by molar-refractivity contribution is 5.92. The number of rotatable bonds is 4. The summed E-state index contributed by atoms with van der Waals surface area (Å²) >= 11 is 0. The molecule has 1 saturated heterocycles. The van der Waals surface area contributed by atoms with Crippen molar-refractivity contribution in [3.8, 4) is 0 Å². The Morgan fingerprint density at radius 2 is 2.00 bits per heavy atom. The van der Waals surface area contributed by atoms with Crippen LogP contribution in [-0.4, -0.2) is 52.5 Å². The van der Waals surface area contributed by atoms with E-state index in [4.69, 9.17) is 4.74 Å². The SMILES string of the molecule is Cc1ccc(NC(=O)C2CCCN(C(=O)[C@@H](C)NC(=O)OC(C)(C)C)C2)nc1. The van der Waals surface area contributed by atoms with Crippen LogP contribution >= 0.6 is 0 Å². The normalized spacial score (nSPS) is 18.2. The highest BCUT2D eigenvalue weighted by Gasteiger charge is 2.31. The maximum absolute atomic E-state index is 12.7. The maximum atomic E-state index is 12.7. The Kier molecular flexibility index (Phi) is 6.99. The predicted octanol–water partition coefficient (Wildman–Crippen LogP) is 2.48. The van der Waals surface area contributed by atoms with Gasteiger partial charge in [-0.2, -0.15) is 0 Å². The first-order chi connectivity index (χ1) is 13.0. The van der Waals surface area contributed by atoms with Crippen molar-refractivity contribution in [3.05, 3.63) is 23.9 Å². The van der Waals surface area contributed by atoms with E-state index >= 15 is 0 Å². The molecule has 1 aromatic heterocycles. The van der Waals surface area contributed by atoms with Crippen LogP contribution in [0.25, 0.3) is 0 Å². The van der Waals surface area contributed by atoms with Crippen molar-refractivity contribution in [1.82, 2.24) is 15.2 Å². The fourth-order valence-corrected chi connectivity index (χ4v) is 2.98. The van der Waals surface area contributed by atoms with Crippen LogP contribution in [0.4, 0.5) is 10.6 Å². The molecule has 1 aromatic rings. The zero-order chi connectivity index (χ0) is 20.9. The fraction of sp³-hybridized carbons (Fsp3) is 0.600. The minimum absolute atomic E-state index is 0.151. The second-order valence-electron chi connectivity index (χ2n) is 8.20. The molecule has 3 amide bonds. The third kappa shape index (κ3) is 6.51. The number of amides is 3. The minimum Gasteiger partial charge on any atom is -0.444 e. The Balaban J connectivity index is 1.90. The summed E-state index contributed by atoms with van der Waals surface area (Å²) in [7, 11) is 0. The molecule has 8 heteroatoms. The molecular formula is C20H30N4O4. The Labute approximate surface area is 166 Å². The van der Waals surface area contributed by atoms with E-state index < -0.39 is 17.7 Å². The van der Waals surface area contributed by atoms with Gasteiger partial charge >= 0.3 is 6.09 Å². The molecule has 2 rings (SSSR count). The van der Waals surface area contributed by atoms with E-state index in [1.54, 1.807) is 44.9 Å². The van der Waals surface area contributed by atoms with Gasteiger partial charge in [-0.25, -0.2) is 9.78 Å². The molecule has 28 heavy (non-hydrogen) atoms. The molecule has 1 aliphatic heterocycles. The summed E-state index contributed by atoms with van der Waals surface area (Å²) in [5, 5.41) is 5.37. The smallest absolute Gasteiger partial charge is 0.408 e. The number of nitrogens with zero attached hydrogens (tertiary/aromatic N) is 2. The number of likely N-dealkylation sites (tertiary alicyclic amines) is 1. The molecule has 8 nitrogen and oxygen atoms in total. The first kappa shape index (κ1) is 21.7. The molecule has 0 aliphatic carbocycles. The number of aryl methyl sites for hydroxylation is 1. The van der Waals surface area contributed by atoms with Crippen molar-refractivity contribution in [2.75, 3.05) is 18.4 Å². The number of ether oxygens (including phenoxy) is 1. The lowest BCUT2D eigenvalue weighted by atomic mass is 9.96. The van der Waals surface area contributed by atoms with Crippen molar-refractivity contribution < 1.29 is 19.1 Å². The van der Waals surface area contributed by atoms with Gasteiger partial charge in [0.25, 0.3) is 0 Å². The van der Waals surface area contributed by atoms with E-state index in [0.717, 1.165) is 12.0 Å². The van der Waals surface area contributed by atoms with Crippen LogP contribution in [0.15, 0.2) is 18.3 Å². The zero-order valence-electron chi connectivity index (χ0n) is 17.2. The quantitative estimate of drug-likeness (QED) is 0.823. The standard InChI is InChI=1S/C20H30N4O4/c1-13-8-9-16(21-11-13)23-17(25)15-7-6-10-24(12-15)18(26)14(2)22-19(27)28-20(3,4)5/h8-9,11,14-15H,6-7,10,12H2,1-5H3,(H,22,27)(H,21,23,25)/t14-,15?/m1/s1. The lowest BCUT2D eigenvalue weighted by Gasteiger charge is -2.33. The van der Waals surface area contributed by atoms with Crippen LogP contribution in [-0.2, 0) is 14.3 Å². The second kappa shape index (κ2) is 9.03. The van der Waals surface area contributed by atoms with E-state index in [-0.39, 0.29) is 17.7 Å². The van der Waals surface area contributed by atoms with Gasteiger partial charge in [-0.05, 0) is 59.1 Å². The molecule has 0 aromatic carbocycles. The molecule has 2 atom stereocenters. The van der Waals surface area contributed by atoms with E-state index in [1.165, 1.54) is 0 Å². The number of alkyl carbamates (subject to hydrolysis) is 1. The number of anilines is 1. The number of aromatic nitrogens is 1. The largest absolute Gasteiger partial charge is 0.444 e. The van der Waals surface area contributed by atoms with Crippen LogP contribution in [0, 0.1) is 12.8 Å². The highest BCUT2D eigenvalue weighted by Crippen LogP contribution is 2.19. The number of hydrogen-bond donors (Lipinski definition) is 2. The van der Waals surface area contributed by atoms with Gasteiger partial charge < -0.3 is 20.3 Å². The summed E-state index contributed by atoms with van der Waals surface area (Å²) < 4.78 is 5.19. The summed E-state index contributed by atoms with van der Waals surface area (Å²) in [6, 6.07) is 2.91. The topological polar surface area (TPSA) is 101 Å². The Morgan fingerprint density at radius 3 is 2.61 bits per heavy atom. The Bertz CT molecular complexity index is 712. The third-order valence-corrected chi connectivity index (χ3v) is 4.37. The summed E-state index contributed by atoms with van der Waals surface area (Å²) in [4.78, 5) is 42.9. The Morgan fingerprint density at radius 1 is 1.29 bits per heavy atom. The lowest BCUT2D eigenvalue weighted by Crippen LogP contribution is -2.52. The van der Waals surface area contributed by atoms with Gasteiger partial charge in [0.05, 0.1) is 5.92 Å². The van der Waals surface area contributed by atoms with Gasteiger partial charge in [-0.15, -0.1) is 0 Å². The molecule has 1 fully saturated rings. The molecule has 0 saturated carbocycles. The fourth-order valence-electron chi connectivity index (χ4n) is 2.98. The molecular weight excluding hydrogens is 360 g/mol. The second-order valence-corrected chi connectivity index (χ2v) is 8.20. The predicted molar refractivity (Wildman–Crippen MR) is 106 cm³/mol. The molecule has 2 heterocycles. The molecule has 0 bridgehead atoms.